The average Bonchev–Trinajstić information content (AvgIpc) is 2.70. The topological polar surface area (TPSA) is 46.0 Å². The molecule has 2 heterocycles. The van der Waals surface area contributed by atoms with Gasteiger partial charge in [-0.1, -0.05) is 6.92 Å². The number of rotatable bonds is 4. The first-order chi connectivity index (χ1) is 7.81. The fourth-order valence-corrected chi connectivity index (χ4v) is 2.11. The molecule has 1 aromatic heterocycles. The molecule has 5 nitrogen and oxygen atoms in total. The van der Waals surface area contributed by atoms with Gasteiger partial charge in [-0.2, -0.15) is 5.10 Å². The minimum atomic E-state index is 0. The van der Waals surface area contributed by atoms with Crippen molar-refractivity contribution in [3.63, 3.8) is 0 Å². The summed E-state index contributed by atoms with van der Waals surface area (Å²) in [6.07, 6.45) is 2.77. The van der Waals surface area contributed by atoms with Gasteiger partial charge in [-0.15, -0.1) is 12.4 Å². The van der Waals surface area contributed by atoms with E-state index >= 15 is 0 Å². The van der Waals surface area contributed by atoms with Gasteiger partial charge in [0.25, 0.3) is 0 Å². The second kappa shape index (κ2) is 6.93. The predicted octanol–water partition coefficient (Wildman–Crippen LogP) is 0.904. The number of halogens is 1. The molecular weight excluding hydrogens is 238 g/mol. The molecule has 0 radical (unpaired) electrons. The molecule has 1 aliphatic heterocycles. The summed E-state index contributed by atoms with van der Waals surface area (Å²) < 4.78 is 2.02. The quantitative estimate of drug-likeness (QED) is 0.873. The lowest BCUT2D eigenvalue weighted by Crippen LogP contribution is -2.49. The maximum absolute atomic E-state index is 4.35. The van der Waals surface area contributed by atoms with Crippen LogP contribution in [0.2, 0.25) is 0 Å². The molecule has 2 rings (SSSR count). The van der Waals surface area contributed by atoms with E-state index in [4.69, 9.17) is 0 Å². The highest BCUT2D eigenvalue weighted by Crippen LogP contribution is 2.08. The van der Waals surface area contributed by atoms with E-state index in [-0.39, 0.29) is 12.4 Å². The highest BCUT2D eigenvalue weighted by Gasteiger charge is 2.19. The summed E-state index contributed by atoms with van der Waals surface area (Å²) in [5, 5.41) is 7.66. The summed E-state index contributed by atoms with van der Waals surface area (Å²) in [4.78, 5) is 6.82. The number of hydrogen-bond donors (Lipinski definition) is 1. The van der Waals surface area contributed by atoms with Crippen molar-refractivity contribution >= 4 is 12.4 Å². The van der Waals surface area contributed by atoms with Gasteiger partial charge in [0, 0.05) is 32.2 Å². The maximum atomic E-state index is 4.35. The summed E-state index contributed by atoms with van der Waals surface area (Å²) in [7, 11) is 0. The summed E-state index contributed by atoms with van der Waals surface area (Å²) >= 11 is 0. The number of nitrogens with one attached hydrogen (secondary N) is 1. The van der Waals surface area contributed by atoms with Crippen molar-refractivity contribution in [3.05, 3.63) is 12.2 Å². The van der Waals surface area contributed by atoms with Gasteiger partial charge < -0.3 is 5.32 Å². The Bertz CT molecular complexity index is 327. The minimum absolute atomic E-state index is 0. The Kier molecular flexibility index (Phi) is 5.88. The molecule has 1 saturated heterocycles. The first-order valence-corrected chi connectivity index (χ1v) is 6.12. The molecule has 17 heavy (non-hydrogen) atoms. The molecule has 0 aliphatic carbocycles. The van der Waals surface area contributed by atoms with E-state index in [0.717, 1.165) is 45.0 Å². The Balaban J connectivity index is 0.00000144. The number of nitrogens with zero attached hydrogens (tertiary/aromatic N) is 4. The lowest BCUT2D eigenvalue weighted by Gasteiger charge is -2.33. The monoisotopic (exact) mass is 259 g/mol. The van der Waals surface area contributed by atoms with Crippen molar-refractivity contribution in [2.45, 2.75) is 39.4 Å². The summed E-state index contributed by atoms with van der Waals surface area (Å²) in [5.41, 5.74) is 0. The van der Waals surface area contributed by atoms with E-state index < -0.39 is 0 Å². The lowest BCUT2D eigenvalue weighted by molar-refractivity contribution is 0.159. The molecule has 0 bridgehead atoms. The second-order valence-corrected chi connectivity index (χ2v) is 4.42. The molecule has 1 unspecified atom stereocenters. The van der Waals surface area contributed by atoms with Crippen LogP contribution in [0.1, 0.15) is 26.1 Å². The molecule has 1 aliphatic rings. The highest BCUT2D eigenvalue weighted by molar-refractivity contribution is 5.85. The molecule has 1 fully saturated rings. The SMILES string of the molecule is CCCn1ncnc1CN1CCNCC1C.Cl. The van der Waals surface area contributed by atoms with Crippen LogP contribution >= 0.6 is 12.4 Å². The smallest absolute Gasteiger partial charge is 0.141 e. The van der Waals surface area contributed by atoms with E-state index in [1.165, 1.54) is 0 Å². The molecule has 0 saturated carbocycles. The predicted molar refractivity (Wildman–Crippen MR) is 70.3 cm³/mol. The van der Waals surface area contributed by atoms with Crippen molar-refractivity contribution in [3.8, 4) is 0 Å². The average molecular weight is 260 g/mol. The van der Waals surface area contributed by atoms with Crippen LogP contribution in [0.15, 0.2) is 6.33 Å². The zero-order chi connectivity index (χ0) is 11.4. The fourth-order valence-electron chi connectivity index (χ4n) is 2.11. The molecule has 0 amide bonds. The van der Waals surface area contributed by atoms with Crippen LogP contribution in [0, 0.1) is 0 Å². The van der Waals surface area contributed by atoms with E-state index in [9.17, 15) is 0 Å². The van der Waals surface area contributed by atoms with Crippen LogP contribution in [0.3, 0.4) is 0 Å². The largest absolute Gasteiger partial charge is 0.314 e. The molecule has 0 aromatic carbocycles. The Morgan fingerprint density at radius 3 is 3.06 bits per heavy atom. The van der Waals surface area contributed by atoms with Crippen molar-refractivity contribution in [1.29, 1.82) is 0 Å². The molecule has 1 N–H and O–H groups in total. The minimum Gasteiger partial charge on any atom is -0.314 e. The Morgan fingerprint density at radius 1 is 1.53 bits per heavy atom. The van der Waals surface area contributed by atoms with E-state index in [0.29, 0.717) is 6.04 Å². The molecule has 1 atom stereocenters. The molecule has 98 valence electrons. The van der Waals surface area contributed by atoms with Crippen molar-refractivity contribution in [2.75, 3.05) is 19.6 Å². The third-order valence-corrected chi connectivity index (χ3v) is 3.11. The van der Waals surface area contributed by atoms with Crippen LogP contribution in [-0.4, -0.2) is 45.3 Å². The van der Waals surface area contributed by atoms with Crippen LogP contribution in [0.5, 0.6) is 0 Å². The number of aryl methyl sites for hydroxylation is 1. The molecule has 1 aromatic rings. The van der Waals surface area contributed by atoms with Gasteiger partial charge in [0.15, 0.2) is 0 Å². The standard InChI is InChI=1S/C11H21N5.ClH/c1-3-5-16-11(13-9-14-16)8-15-6-4-12-7-10(15)2;/h9-10,12H,3-8H2,1-2H3;1H. The molecular formula is C11H22ClN5. The highest BCUT2D eigenvalue weighted by atomic mass is 35.5. The Labute approximate surface area is 109 Å². The normalized spacial score (nSPS) is 21.2. The van der Waals surface area contributed by atoms with Crippen molar-refractivity contribution in [1.82, 2.24) is 25.0 Å². The first kappa shape index (κ1) is 14.4. The van der Waals surface area contributed by atoms with Gasteiger partial charge in [0.1, 0.15) is 12.2 Å². The van der Waals surface area contributed by atoms with Crippen LogP contribution in [0.4, 0.5) is 0 Å². The van der Waals surface area contributed by atoms with Gasteiger partial charge >= 0.3 is 0 Å². The maximum Gasteiger partial charge on any atom is 0.141 e. The summed E-state index contributed by atoms with van der Waals surface area (Å²) in [5.74, 6) is 1.09. The van der Waals surface area contributed by atoms with E-state index in [2.05, 4.69) is 34.1 Å². The summed E-state index contributed by atoms with van der Waals surface area (Å²) in [6, 6.07) is 0.584. The number of aromatic nitrogens is 3. The lowest BCUT2D eigenvalue weighted by atomic mass is 10.2. The fraction of sp³-hybridized carbons (Fsp3) is 0.818. The van der Waals surface area contributed by atoms with Crippen LogP contribution < -0.4 is 5.32 Å². The number of piperazine rings is 1. The molecule has 6 heteroatoms. The molecule has 0 spiro atoms. The van der Waals surface area contributed by atoms with Crippen LogP contribution in [0.25, 0.3) is 0 Å². The van der Waals surface area contributed by atoms with Gasteiger partial charge in [0.05, 0.1) is 6.54 Å². The van der Waals surface area contributed by atoms with E-state index in [1.807, 2.05) is 4.68 Å². The Morgan fingerprint density at radius 2 is 2.35 bits per heavy atom. The van der Waals surface area contributed by atoms with Gasteiger partial charge in [0.2, 0.25) is 0 Å². The third-order valence-electron chi connectivity index (χ3n) is 3.11. The summed E-state index contributed by atoms with van der Waals surface area (Å²) in [6.45, 7) is 9.55. The number of hydrogen-bond acceptors (Lipinski definition) is 4. The zero-order valence-electron chi connectivity index (χ0n) is 10.6. The van der Waals surface area contributed by atoms with Crippen molar-refractivity contribution < 1.29 is 0 Å². The van der Waals surface area contributed by atoms with E-state index in [1.54, 1.807) is 6.33 Å². The first-order valence-electron chi connectivity index (χ1n) is 6.12. The van der Waals surface area contributed by atoms with Gasteiger partial charge in [-0.05, 0) is 13.3 Å². The Hall–Kier alpha value is -0.650. The van der Waals surface area contributed by atoms with Crippen molar-refractivity contribution in [2.24, 2.45) is 0 Å². The van der Waals surface area contributed by atoms with Crippen LogP contribution in [-0.2, 0) is 13.1 Å². The zero-order valence-corrected chi connectivity index (χ0v) is 11.4. The second-order valence-electron chi connectivity index (χ2n) is 4.42. The van der Waals surface area contributed by atoms with Gasteiger partial charge in [-0.3, -0.25) is 4.90 Å². The van der Waals surface area contributed by atoms with Gasteiger partial charge in [-0.25, -0.2) is 9.67 Å². The third kappa shape index (κ3) is 3.66.